The molecule has 0 aliphatic heterocycles. The lowest BCUT2D eigenvalue weighted by Crippen LogP contribution is -1.81. The largest absolute Gasteiger partial charge is 0.256 e. The van der Waals surface area contributed by atoms with Gasteiger partial charge >= 0.3 is 0 Å². The van der Waals surface area contributed by atoms with Gasteiger partial charge in [0.1, 0.15) is 0 Å². The van der Waals surface area contributed by atoms with Gasteiger partial charge in [-0.25, -0.2) is 0 Å². The van der Waals surface area contributed by atoms with Crippen molar-refractivity contribution in [1.29, 1.82) is 0 Å². The second kappa shape index (κ2) is 3.28. The zero-order valence-electron chi connectivity index (χ0n) is 7.41. The molecule has 1 heteroatoms. The molecule has 1 aromatic heterocycles. The predicted octanol–water partition coefficient (Wildman–Crippen LogP) is 2.61. The molecule has 2 rings (SSSR count). The second-order valence-corrected chi connectivity index (χ2v) is 2.75. The molecule has 1 heterocycles. The number of pyridine rings is 1. The van der Waals surface area contributed by atoms with Crippen LogP contribution in [0.25, 0.3) is 10.9 Å². The highest BCUT2D eigenvalue weighted by molar-refractivity contribution is 5.84. The van der Waals surface area contributed by atoms with E-state index in [1.807, 2.05) is 37.3 Å². The molecule has 2 aromatic rings. The van der Waals surface area contributed by atoms with E-state index in [4.69, 9.17) is 0 Å². The number of nitrogens with zero attached hydrogens (tertiary/aromatic N) is 1. The third-order valence-electron chi connectivity index (χ3n) is 1.91. The van der Waals surface area contributed by atoms with Crippen molar-refractivity contribution in [3.05, 3.63) is 42.1 Å². The zero-order chi connectivity index (χ0) is 9.10. The summed E-state index contributed by atoms with van der Waals surface area (Å²) in [6.07, 6.45) is 1.80. The Morgan fingerprint density at radius 1 is 1.15 bits per heavy atom. The molecule has 1 aromatic carbocycles. The van der Waals surface area contributed by atoms with Crippen LogP contribution in [0.4, 0.5) is 0 Å². The van der Waals surface area contributed by atoms with Gasteiger partial charge in [0.15, 0.2) is 0 Å². The highest BCUT2D eigenvalue weighted by atomic mass is 14.6. The average Bonchev–Trinajstić information content (AvgIpc) is 2.19. The Labute approximate surface area is 77.4 Å². The predicted molar refractivity (Wildman–Crippen MR) is 54.3 cm³/mol. The maximum absolute atomic E-state index is 4.26. The van der Waals surface area contributed by atoms with E-state index < -0.39 is 0 Å². The molecule has 1 nitrogen and oxygen atoms in total. The Hall–Kier alpha value is -1.81. The van der Waals surface area contributed by atoms with Crippen LogP contribution in [0.15, 0.2) is 36.5 Å². The van der Waals surface area contributed by atoms with E-state index in [0.717, 1.165) is 16.5 Å². The van der Waals surface area contributed by atoms with Crippen LogP contribution in [0.5, 0.6) is 0 Å². The lowest BCUT2D eigenvalue weighted by Gasteiger charge is -1.97. The fourth-order valence-corrected chi connectivity index (χ4v) is 1.35. The third kappa shape index (κ3) is 1.39. The van der Waals surface area contributed by atoms with E-state index in [1.165, 1.54) is 0 Å². The topological polar surface area (TPSA) is 12.9 Å². The molecule has 0 amide bonds. The van der Waals surface area contributed by atoms with Crippen LogP contribution >= 0.6 is 0 Å². The lowest BCUT2D eigenvalue weighted by atomic mass is 10.1. The van der Waals surface area contributed by atoms with Crippen LogP contribution in [0.2, 0.25) is 0 Å². The number of benzene rings is 1. The molecule has 0 aliphatic rings. The summed E-state index contributed by atoms with van der Waals surface area (Å²) >= 11 is 0. The molecule has 0 saturated heterocycles. The van der Waals surface area contributed by atoms with Crippen molar-refractivity contribution in [2.24, 2.45) is 0 Å². The fourth-order valence-electron chi connectivity index (χ4n) is 1.35. The number of hydrogen-bond donors (Lipinski definition) is 0. The summed E-state index contributed by atoms with van der Waals surface area (Å²) in [6, 6.07) is 9.97. The standard InChI is InChI=1S/C12H9N/c1-2-5-10-6-3-8-12-11(10)7-4-9-13-12/h3-4,6-9H,1H3. The van der Waals surface area contributed by atoms with Gasteiger partial charge in [0.25, 0.3) is 0 Å². The fraction of sp³-hybridized carbons (Fsp3) is 0.0833. The molecular formula is C12H9N. The number of aromatic nitrogens is 1. The molecule has 0 aliphatic carbocycles. The Bertz CT molecular complexity index is 484. The first kappa shape index (κ1) is 7.82. The molecule has 13 heavy (non-hydrogen) atoms. The van der Waals surface area contributed by atoms with Crippen LogP contribution in [-0.2, 0) is 0 Å². The minimum atomic E-state index is 1.00. The van der Waals surface area contributed by atoms with E-state index in [0.29, 0.717) is 0 Å². The summed E-state index contributed by atoms with van der Waals surface area (Å²) in [5, 5.41) is 1.12. The Kier molecular flexibility index (Phi) is 1.97. The minimum absolute atomic E-state index is 1.00. The SMILES string of the molecule is CC#Cc1cccc2ncccc12. The first-order chi connectivity index (χ1) is 6.42. The van der Waals surface area contributed by atoms with Crippen molar-refractivity contribution in [2.45, 2.75) is 6.92 Å². The van der Waals surface area contributed by atoms with Crippen molar-refractivity contribution in [3.8, 4) is 11.8 Å². The van der Waals surface area contributed by atoms with Gasteiger partial charge in [-0.2, -0.15) is 0 Å². The van der Waals surface area contributed by atoms with Gasteiger partial charge in [0, 0.05) is 17.1 Å². The Morgan fingerprint density at radius 3 is 2.92 bits per heavy atom. The molecular weight excluding hydrogens is 158 g/mol. The van der Waals surface area contributed by atoms with Gasteiger partial charge in [-0.05, 0) is 25.1 Å². The maximum Gasteiger partial charge on any atom is 0.0714 e. The molecule has 0 N–H and O–H groups in total. The van der Waals surface area contributed by atoms with Crippen molar-refractivity contribution >= 4 is 10.9 Å². The lowest BCUT2D eigenvalue weighted by molar-refractivity contribution is 1.41. The zero-order valence-corrected chi connectivity index (χ0v) is 7.41. The Balaban J connectivity index is 2.80. The van der Waals surface area contributed by atoms with Gasteiger partial charge in [0.2, 0.25) is 0 Å². The molecule has 0 saturated carbocycles. The van der Waals surface area contributed by atoms with Crippen LogP contribution in [0, 0.1) is 11.8 Å². The monoisotopic (exact) mass is 167 g/mol. The molecule has 0 bridgehead atoms. The number of rotatable bonds is 0. The van der Waals surface area contributed by atoms with Crippen molar-refractivity contribution in [1.82, 2.24) is 4.98 Å². The van der Waals surface area contributed by atoms with Gasteiger partial charge in [-0.3, -0.25) is 4.98 Å². The van der Waals surface area contributed by atoms with E-state index in [2.05, 4.69) is 16.8 Å². The Morgan fingerprint density at radius 2 is 2.08 bits per heavy atom. The third-order valence-corrected chi connectivity index (χ3v) is 1.91. The molecule has 0 unspecified atom stereocenters. The van der Waals surface area contributed by atoms with Gasteiger partial charge < -0.3 is 0 Å². The van der Waals surface area contributed by atoms with E-state index in [1.54, 1.807) is 6.20 Å². The summed E-state index contributed by atoms with van der Waals surface area (Å²) in [4.78, 5) is 4.26. The van der Waals surface area contributed by atoms with Crippen LogP contribution < -0.4 is 0 Å². The highest BCUT2D eigenvalue weighted by Crippen LogP contribution is 2.14. The molecule has 0 fully saturated rings. The average molecular weight is 167 g/mol. The highest BCUT2D eigenvalue weighted by Gasteiger charge is 1.96. The quantitative estimate of drug-likeness (QED) is 0.549. The van der Waals surface area contributed by atoms with Gasteiger partial charge in [-0.1, -0.05) is 18.1 Å². The molecule has 0 atom stereocenters. The van der Waals surface area contributed by atoms with Crippen LogP contribution in [0.1, 0.15) is 12.5 Å². The van der Waals surface area contributed by atoms with E-state index in [9.17, 15) is 0 Å². The summed E-state index contributed by atoms with van der Waals surface area (Å²) in [5.74, 6) is 5.96. The van der Waals surface area contributed by atoms with E-state index >= 15 is 0 Å². The smallest absolute Gasteiger partial charge is 0.0714 e. The summed E-state index contributed by atoms with van der Waals surface area (Å²) in [7, 11) is 0. The molecule has 62 valence electrons. The summed E-state index contributed by atoms with van der Waals surface area (Å²) in [5.41, 5.74) is 2.05. The molecule has 0 spiro atoms. The van der Waals surface area contributed by atoms with Crippen molar-refractivity contribution in [2.75, 3.05) is 0 Å². The second-order valence-electron chi connectivity index (χ2n) is 2.75. The number of hydrogen-bond acceptors (Lipinski definition) is 1. The van der Waals surface area contributed by atoms with Crippen molar-refractivity contribution < 1.29 is 0 Å². The maximum atomic E-state index is 4.26. The van der Waals surface area contributed by atoms with Gasteiger partial charge in [0.05, 0.1) is 5.52 Å². The van der Waals surface area contributed by atoms with Crippen molar-refractivity contribution in [3.63, 3.8) is 0 Å². The van der Waals surface area contributed by atoms with Gasteiger partial charge in [-0.15, -0.1) is 5.92 Å². The van der Waals surface area contributed by atoms with E-state index in [-0.39, 0.29) is 0 Å². The van der Waals surface area contributed by atoms with Crippen LogP contribution in [0.3, 0.4) is 0 Å². The first-order valence-electron chi connectivity index (χ1n) is 4.18. The van der Waals surface area contributed by atoms with Crippen LogP contribution in [-0.4, -0.2) is 4.98 Å². The minimum Gasteiger partial charge on any atom is -0.256 e. The summed E-state index contributed by atoms with van der Waals surface area (Å²) < 4.78 is 0. The molecule has 0 radical (unpaired) electrons. The summed E-state index contributed by atoms with van der Waals surface area (Å²) in [6.45, 7) is 1.84. The first-order valence-corrected chi connectivity index (χ1v) is 4.18. The normalized spacial score (nSPS) is 9.31. The number of fused-ring (bicyclic) bond motifs is 1.